The molecular formula is C21H23FN6O. The Morgan fingerprint density at radius 3 is 2.62 bits per heavy atom. The Labute approximate surface area is 168 Å². The quantitative estimate of drug-likeness (QED) is 0.499. The van der Waals surface area contributed by atoms with Gasteiger partial charge in [-0.2, -0.15) is 4.98 Å². The molecule has 2 aromatic carbocycles. The molecular weight excluding hydrogens is 371 g/mol. The van der Waals surface area contributed by atoms with E-state index in [1.165, 1.54) is 19.3 Å². The molecule has 3 aromatic rings. The summed E-state index contributed by atoms with van der Waals surface area (Å²) >= 11 is 0. The second-order valence-electron chi connectivity index (χ2n) is 6.58. The van der Waals surface area contributed by atoms with Crippen LogP contribution in [0.3, 0.4) is 0 Å². The Kier molecular flexibility index (Phi) is 6.67. The van der Waals surface area contributed by atoms with Crippen molar-refractivity contribution in [3.8, 4) is 0 Å². The van der Waals surface area contributed by atoms with E-state index in [0.29, 0.717) is 18.4 Å². The maximum Gasteiger partial charge on any atom is 0.232 e. The van der Waals surface area contributed by atoms with Gasteiger partial charge in [-0.3, -0.25) is 4.79 Å². The average Bonchev–Trinajstić information content (AvgIpc) is 2.68. The lowest BCUT2D eigenvalue weighted by molar-refractivity contribution is -0.114. The normalized spacial score (nSPS) is 10.4. The number of hydrogen-bond donors (Lipinski definition) is 3. The summed E-state index contributed by atoms with van der Waals surface area (Å²) in [6, 6.07) is 12.2. The lowest BCUT2D eigenvalue weighted by atomic mass is 10.1. The van der Waals surface area contributed by atoms with Crippen molar-refractivity contribution in [3.63, 3.8) is 0 Å². The minimum atomic E-state index is -0.221. The molecule has 0 aliphatic carbocycles. The highest BCUT2D eigenvalue weighted by Gasteiger charge is 2.08. The van der Waals surface area contributed by atoms with Crippen LogP contribution in [0.2, 0.25) is 0 Å². The van der Waals surface area contributed by atoms with Gasteiger partial charge in [0, 0.05) is 24.8 Å². The fourth-order valence-corrected chi connectivity index (χ4v) is 2.84. The van der Waals surface area contributed by atoms with Gasteiger partial charge in [-0.15, -0.1) is 0 Å². The first-order valence-corrected chi connectivity index (χ1v) is 9.33. The van der Waals surface area contributed by atoms with E-state index >= 15 is 0 Å². The second kappa shape index (κ2) is 9.59. The number of hydrogen-bond acceptors (Lipinski definition) is 6. The number of carbonyl (C=O) groups excluding carboxylic acids is 1. The van der Waals surface area contributed by atoms with Gasteiger partial charge in [-0.1, -0.05) is 18.2 Å². The third kappa shape index (κ3) is 5.97. The van der Waals surface area contributed by atoms with Crippen molar-refractivity contribution >= 4 is 29.2 Å². The zero-order valence-corrected chi connectivity index (χ0v) is 16.4. The van der Waals surface area contributed by atoms with Crippen LogP contribution in [-0.2, 0) is 11.2 Å². The van der Waals surface area contributed by atoms with Crippen molar-refractivity contribution in [3.05, 3.63) is 65.7 Å². The molecule has 1 aromatic heterocycles. The number of nitrogens with zero attached hydrogens (tertiary/aromatic N) is 3. The molecule has 29 heavy (non-hydrogen) atoms. The van der Waals surface area contributed by atoms with Crippen molar-refractivity contribution in [1.29, 1.82) is 0 Å². The standard InChI is InChI=1S/C21H23FN6O/c1-14-18(26-15(2)29)9-4-10-19(14)27-21-25-13-24-20(28-21)23-11-5-7-16-6-3-8-17(22)12-16/h3-4,6,8-10,12-13H,5,7,11H2,1-2H3,(H,26,29)(H2,23,24,25,27,28). The number of carbonyl (C=O) groups is 1. The summed E-state index contributed by atoms with van der Waals surface area (Å²) in [5.74, 6) is 0.504. The number of halogens is 1. The van der Waals surface area contributed by atoms with Crippen molar-refractivity contribution in [1.82, 2.24) is 15.0 Å². The van der Waals surface area contributed by atoms with E-state index in [-0.39, 0.29) is 11.7 Å². The van der Waals surface area contributed by atoms with E-state index in [0.717, 1.165) is 35.3 Å². The smallest absolute Gasteiger partial charge is 0.232 e. The van der Waals surface area contributed by atoms with Gasteiger partial charge in [0.1, 0.15) is 12.1 Å². The van der Waals surface area contributed by atoms with E-state index in [4.69, 9.17) is 0 Å². The molecule has 1 heterocycles. The van der Waals surface area contributed by atoms with E-state index in [1.54, 1.807) is 12.1 Å². The highest BCUT2D eigenvalue weighted by atomic mass is 19.1. The van der Waals surface area contributed by atoms with Crippen LogP contribution < -0.4 is 16.0 Å². The number of benzene rings is 2. The summed E-state index contributed by atoms with van der Waals surface area (Å²) in [5.41, 5.74) is 3.36. The number of nitrogens with one attached hydrogen (secondary N) is 3. The van der Waals surface area contributed by atoms with E-state index < -0.39 is 0 Å². The average molecular weight is 394 g/mol. The molecule has 1 amide bonds. The minimum Gasteiger partial charge on any atom is -0.354 e. The Bertz CT molecular complexity index is 994. The van der Waals surface area contributed by atoms with Crippen LogP contribution in [0, 0.1) is 12.7 Å². The topological polar surface area (TPSA) is 91.8 Å². The number of anilines is 4. The van der Waals surface area contributed by atoms with Crippen molar-refractivity contribution in [2.75, 3.05) is 22.5 Å². The van der Waals surface area contributed by atoms with Crippen LogP contribution >= 0.6 is 0 Å². The molecule has 0 saturated carbocycles. The van der Waals surface area contributed by atoms with E-state index in [1.807, 2.05) is 31.2 Å². The molecule has 150 valence electrons. The molecule has 0 saturated heterocycles. The van der Waals surface area contributed by atoms with Gasteiger partial charge in [0.15, 0.2) is 0 Å². The molecule has 0 fully saturated rings. The van der Waals surface area contributed by atoms with Crippen LogP contribution in [0.5, 0.6) is 0 Å². The summed E-state index contributed by atoms with van der Waals surface area (Å²) in [5, 5.41) is 9.10. The number of rotatable bonds is 8. The molecule has 3 rings (SSSR count). The number of aromatic nitrogens is 3. The van der Waals surface area contributed by atoms with Crippen LogP contribution in [-0.4, -0.2) is 27.4 Å². The Balaban J connectivity index is 1.58. The van der Waals surface area contributed by atoms with Gasteiger partial charge in [0.25, 0.3) is 0 Å². The fraction of sp³-hybridized carbons (Fsp3) is 0.238. The molecule has 7 nitrogen and oxygen atoms in total. The van der Waals surface area contributed by atoms with E-state index in [9.17, 15) is 9.18 Å². The molecule has 0 atom stereocenters. The first-order chi connectivity index (χ1) is 14.0. The van der Waals surface area contributed by atoms with Gasteiger partial charge in [-0.05, 0) is 55.2 Å². The third-order valence-corrected chi connectivity index (χ3v) is 4.28. The highest BCUT2D eigenvalue weighted by Crippen LogP contribution is 2.25. The Hall–Kier alpha value is -3.55. The molecule has 0 aliphatic rings. The van der Waals surface area contributed by atoms with Crippen LogP contribution in [0.1, 0.15) is 24.5 Å². The van der Waals surface area contributed by atoms with Crippen LogP contribution in [0.25, 0.3) is 0 Å². The van der Waals surface area contributed by atoms with Crippen molar-refractivity contribution in [2.24, 2.45) is 0 Å². The van der Waals surface area contributed by atoms with Crippen LogP contribution in [0.15, 0.2) is 48.8 Å². The maximum absolute atomic E-state index is 13.2. The summed E-state index contributed by atoms with van der Waals surface area (Å²) in [6.45, 7) is 4.02. The second-order valence-corrected chi connectivity index (χ2v) is 6.58. The first kappa shape index (κ1) is 20.2. The Morgan fingerprint density at radius 1 is 1.07 bits per heavy atom. The predicted octanol–water partition coefficient (Wildman–Crippen LogP) is 4.07. The fourth-order valence-electron chi connectivity index (χ4n) is 2.84. The zero-order chi connectivity index (χ0) is 20.6. The largest absolute Gasteiger partial charge is 0.354 e. The maximum atomic E-state index is 13.2. The van der Waals surface area contributed by atoms with Crippen molar-refractivity contribution in [2.45, 2.75) is 26.7 Å². The van der Waals surface area contributed by atoms with Gasteiger partial charge < -0.3 is 16.0 Å². The highest BCUT2D eigenvalue weighted by molar-refractivity contribution is 5.90. The zero-order valence-electron chi connectivity index (χ0n) is 16.4. The van der Waals surface area contributed by atoms with Crippen molar-refractivity contribution < 1.29 is 9.18 Å². The lowest BCUT2D eigenvalue weighted by Crippen LogP contribution is -2.10. The summed E-state index contributed by atoms with van der Waals surface area (Å²) in [7, 11) is 0. The first-order valence-electron chi connectivity index (χ1n) is 9.33. The summed E-state index contributed by atoms with van der Waals surface area (Å²) in [4.78, 5) is 24.0. The lowest BCUT2D eigenvalue weighted by Gasteiger charge is -2.13. The molecule has 3 N–H and O–H groups in total. The monoisotopic (exact) mass is 394 g/mol. The third-order valence-electron chi connectivity index (χ3n) is 4.28. The molecule has 0 unspecified atom stereocenters. The van der Waals surface area contributed by atoms with E-state index in [2.05, 4.69) is 30.9 Å². The summed E-state index contributed by atoms with van der Waals surface area (Å²) < 4.78 is 13.2. The van der Waals surface area contributed by atoms with Gasteiger partial charge in [0.2, 0.25) is 17.8 Å². The van der Waals surface area contributed by atoms with Crippen LogP contribution in [0.4, 0.5) is 27.7 Å². The van der Waals surface area contributed by atoms with Gasteiger partial charge >= 0.3 is 0 Å². The minimum absolute atomic E-state index is 0.130. The molecule has 0 bridgehead atoms. The molecule has 0 spiro atoms. The number of aryl methyl sites for hydroxylation is 1. The SMILES string of the molecule is CC(=O)Nc1cccc(Nc2ncnc(NCCCc3cccc(F)c3)n2)c1C. The van der Waals surface area contributed by atoms with Gasteiger partial charge in [0.05, 0.1) is 0 Å². The predicted molar refractivity (Wildman–Crippen MR) is 112 cm³/mol. The van der Waals surface area contributed by atoms with Gasteiger partial charge in [-0.25, -0.2) is 14.4 Å². The summed E-state index contributed by atoms with van der Waals surface area (Å²) in [6.07, 6.45) is 3.00. The molecule has 0 radical (unpaired) electrons. The molecule has 0 aliphatic heterocycles. The molecule has 8 heteroatoms. The number of amides is 1. The Morgan fingerprint density at radius 2 is 1.83 bits per heavy atom.